The average Bonchev–Trinajstić information content (AvgIpc) is 2.77. The molecule has 0 radical (unpaired) electrons. The lowest BCUT2D eigenvalue weighted by Gasteiger charge is -2.09. The molecule has 0 fully saturated rings. The highest BCUT2D eigenvalue weighted by Gasteiger charge is 2.17. The summed E-state index contributed by atoms with van der Waals surface area (Å²) in [5.74, 6) is 0. The minimum Gasteiger partial charge on any atom is -0.428 e. The maximum Gasteiger partial charge on any atom is 0.115 e. The molecule has 0 aromatic heterocycles. The summed E-state index contributed by atoms with van der Waals surface area (Å²) < 4.78 is 1.24. The summed E-state index contributed by atoms with van der Waals surface area (Å²) in [6.07, 6.45) is 0. The van der Waals surface area contributed by atoms with Crippen LogP contribution in [0.5, 0.6) is 0 Å². The molecule has 0 aliphatic carbocycles. The van der Waals surface area contributed by atoms with E-state index in [1.165, 1.54) is 4.73 Å². The normalized spacial score (nSPS) is 11.6. The second-order valence-corrected chi connectivity index (χ2v) is 4.38. The molecule has 2 aliphatic rings. The van der Waals surface area contributed by atoms with Crippen LogP contribution in [0, 0.1) is 0 Å². The first-order valence-electron chi connectivity index (χ1n) is 5.83. The van der Waals surface area contributed by atoms with E-state index in [-0.39, 0.29) is 0 Å². The highest BCUT2D eigenvalue weighted by atomic mass is 16.5. The Bertz CT molecular complexity index is 848. The van der Waals surface area contributed by atoms with Crippen molar-refractivity contribution in [2.24, 2.45) is 0 Å². The van der Waals surface area contributed by atoms with Crippen molar-refractivity contribution < 1.29 is 5.21 Å². The molecule has 1 N–H and O–H groups in total. The minimum atomic E-state index is 0.768. The van der Waals surface area contributed by atoms with Gasteiger partial charge in [-0.15, -0.1) is 0 Å². The summed E-state index contributed by atoms with van der Waals surface area (Å²) in [6, 6.07) is 17.6. The molecule has 0 amide bonds. The summed E-state index contributed by atoms with van der Waals surface area (Å²) in [5.41, 5.74) is 3.29. The molecule has 0 atom stereocenters. The van der Waals surface area contributed by atoms with E-state index >= 15 is 0 Å². The van der Waals surface area contributed by atoms with Gasteiger partial charge in [-0.2, -0.15) is 4.73 Å². The summed E-state index contributed by atoms with van der Waals surface area (Å²) in [4.78, 5) is 4.55. The summed E-state index contributed by atoms with van der Waals surface area (Å²) >= 11 is 0. The number of aromatic nitrogens is 2. The molecule has 0 spiro atoms. The van der Waals surface area contributed by atoms with Gasteiger partial charge in [-0.1, -0.05) is 36.4 Å². The zero-order chi connectivity index (χ0) is 12.1. The average molecular weight is 234 g/mol. The SMILES string of the molecule is On1c2c3ccccc3nc-2cc2ccccc21. The molecule has 0 saturated carbocycles. The van der Waals surface area contributed by atoms with Crippen LogP contribution in [0.15, 0.2) is 54.6 Å². The topological polar surface area (TPSA) is 38.0 Å². The lowest BCUT2D eigenvalue weighted by molar-refractivity contribution is 0.203. The number of rotatable bonds is 0. The first-order valence-corrected chi connectivity index (χ1v) is 5.83. The van der Waals surface area contributed by atoms with Crippen LogP contribution in [-0.4, -0.2) is 14.9 Å². The monoisotopic (exact) mass is 234 g/mol. The first kappa shape index (κ1) is 9.48. The van der Waals surface area contributed by atoms with Crippen LogP contribution >= 0.6 is 0 Å². The van der Waals surface area contributed by atoms with Crippen molar-refractivity contribution in [3.63, 3.8) is 0 Å². The van der Waals surface area contributed by atoms with E-state index in [1.807, 2.05) is 54.6 Å². The molecule has 0 saturated heterocycles. The maximum absolute atomic E-state index is 10.4. The van der Waals surface area contributed by atoms with E-state index in [4.69, 9.17) is 0 Å². The van der Waals surface area contributed by atoms with Gasteiger partial charge in [-0.3, -0.25) is 0 Å². The van der Waals surface area contributed by atoms with Crippen LogP contribution in [0.4, 0.5) is 0 Å². The van der Waals surface area contributed by atoms with Gasteiger partial charge in [-0.05, 0) is 18.2 Å². The molecule has 2 heterocycles. The van der Waals surface area contributed by atoms with Gasteiger partial charge in [0.1, 0.15) is 5.69 Å². The van der Waals surface area contributed by atoms with Gasteiger partial charge >= 0.3 is 0 Å². The summed E-state index contributed by atoms with van der Waals surface area (Å²) in [6.45, 7) is 0. The molecule has 2 aromatic carbocycles. The Morgan fingerprint density at radius 2 is 1.72 bits per heavy atom. The number of nitrogens with zero attached hydrogens (tertiary/aromatic N) is 2. The fraction of sp³-hybridized carbons (Fsp3) is 0. The Balaban J connectivity index is 2.31. The van der Waals surface area contributed by atoms with Crippen LogP contribution in [0.2, 0.25) is 0 Å². The van der Waals surface area contributed by atoms with Gasteiger partial charge < -0.3 is 5.21 Å². The fourth-order valence-electron chi connectivity index (χ4n) is 2.49. The van der Waals surface area contributed by atoms with Crippen LogP contribution in [-0.2, 0) is 0 Å². The number of hydrogen-bond donors (Lipinski definition) is 1. The van der Waals surface area contributed by atoms with Crippen LogP contribution in [0.1, 0.15) is 0 Å². The quantitative estimate of drug-likeness (QED) is 0.473. The van der Waals surface area contributed by atoms with Gasteiger partial charge in [-0.25, -0.2) is 4.98 Å². The zero-order valence-corrected chi connectivity index (χ0v) is 9.54. The molecule has 2 aliphatic heterocycles. The summed E-state index contributed by atoms with van der Waals surface area (Å²) in [7, 11) is 0. The van der Waals surface area contributed by atoms with E-state index in [1.54, 1.807) is 0 Å². The number of pyridine rings is 1. The van der Waals surface area contributed by atoms with Crippen molar-refractivity contribution in [3.05, 3.63) is 54.6 Å². The van der Waals surface area contributed by atoms with Crippen molar-refractivity contribution in [1.82, 2.24) is 9.71 Å². The van der Waals surface area contributed by atoms with Crippen molar-refractivity contribution in [3.8, 4) is 11.4 Å². The van der Waals surface area contributed by atoms with E-state index in [2.05, 4.69) is 4.98 Å². The highest BCUT2D eigenvalue weighted by molar-refractivity contribution is 5.99. The molecule has 3 nitrogen and oxygen atoms in total. The lowest BCUT2D eigenvalue weighted by Crippen LogP contribution is -1.99. The van der Waals surface area contributed by atoms with Gasteiger partial charge in [0.05, 0.1) is 16.7 Å². The Labute approximate surface area is 103 Å². The Morgan fingerprint density at radius 3 is 2.67 bits per heavy atom. The number of benzene rings is 2. The van der Waals surface area contributed by atoms with Crippen molar-refractivity contribution >= 4 is 21.8 Å². The molecule has 2 aromatic rings. The molecule has 18 heavy (non-hydrogen) atoms. The van der Waals surface area contributed by atoms with Gasteiger partial charge in [0.15, 0.2) is 0 Å². The van der Waals surface area contributed by atoms with Gasteiger partial charge in [0.2, 0.25) is 0 Å². The maximum atomic E-state index is 10.4. The van der Waals surface area contributed by atoms with Gasteiger partial charge in [0, 0.05) is 10.8 Å². The first-order chi connectivity index (χ1) is 8.84. The standard InChI is InChI=1S/C15H10N2O/c18-17-14-8-4-1-5-10(14)9-13-15(17)11-6-2-3-7-12(11)16-13/h1-9,18H. The molecule has 0 bridgehead atoms. The zero-order valence-electron chi connectivity index (χ0n) is 9.54. The Morgan fingerprint density at radius 1 is 0.944 bits per heavy atom. The largest absolute Gasteiger partial charge is 0.428 e. The molecule has 3 heteroatoms. The predicted octanol–water partition coefficient (Wildman–Crippen LogP) is 3.53. The Kier molecular flexibility index (Phi) is 1.70. The van der Waals surface area contributed by atoms with Gasteiger partial charge in [0.25, 0.3) is 0 Å². The van der Waals surface area contributed by atoms with E-state index in [9.17, 15) is 5.21 Å². The highest BCUT2D eigenvalue weighted by Crippen LogP contribution is 2.33. The predicted molar refractivity (Wildman–Crippen MR) is 71.0 cm³/mol. The minimum absolute atomic E-state index is 0.768. The molecular weight excluding hydrogens is 224 g/mol. The van der Waals surface area contributed by atoms with E-state index in [0.717, 1.165) is 33.2 Å². The van der Waals surface area contributed by atoms with Crippen LogP contribution < -0.4 is 0 Å². The molecule has 4 rings (SSSR count). The third-order valence-corrected chi connectivity index (χ3v) is 3.31. The fourth-order valence-corrected chi connectivity index (χ4v) is 2.49. The van der Waals surface area contributed by atoms with E-state index in [0.29, 0.717) is 0 Å². The molecule has 0 unspecified atom stereocenters. The number of para-hydroxylation sites is 2. The number of fused-ring (bicyclic) bond motifs is 4. The lowest BCUT2D eigenvalue weighted by atomic mass is 10.1. The van der Waals surface area contributed by atoms with E-state index < -0.39 is 0 Å². The van der Waals surface area contributed by atoms with Crippen molar-refractivity contribution in [2.45, 2.75) is 0 Å². The molecular formula is C15H10N2O. The molecule has 86 valence electrons. The second-order valence-electron chi connectivity index (χ2n) is 4.38. The second kappa shape index (κ2) is 3.23. The number of hydrogen-bond acceptors (Lipinski definition) is 2. The van der Waals surface area contributed by atoms with Crippen LogP contribution in [0.3, 0.4) is 0 Å². The van der Waals surface area contributed by atoms with Crippen molar-refractivity contribution in [2.75, 3.05) is 0 Å². The third kappa shape index (κ3) is 1.10. The third-order valence-electron chi connectivity index (χ3n) is 3.31. The smallest absolute Gasteiger partial charge is 0.115 e. The summed E-state index contributed by atoms with van der Waals surface area (Å²) in [5, 5.41) is 12.3. The van der Waals surface area contributed by atoms with Crippen LogP contribution in [0.25, 0.3) is 33.2 Å². The Hall–Kier alpha value is -2.55. The van der Waals surface area contributed by atoms with Crippen molar-refractivity contribution in [1.29, 1.82) is 0 Å².